The van der Waals surface area contributed by atoms with E-state index in [0.29, 0.717) is 5.41 Å². The van der Waals surface area contributed by atoms with Crippen LogP contribution >= 0.6 is 11.6 Å². The van der Waals surface area contributed by atoms with Crippen molar-refractivity contribution in [3.63, 3.8) is 0 Å². The SMILES string of the molecule is CC1(C)CC(CN)(c2ccc(Cl)cc2)C1. The van der Waals surface area contributed by atoms with Gasteiger partial charge in [-0.1, -0.05) is 37.6 Å². The van der Waals surface area contributed by atoms with Gasteiger partial charge in [0.1, 0.15) is 0 Å². The van der Waals surface area contributed by atoms with Gasteiger partial charge in [-0.05, 0) is 36.0 Å². The Kier molecular flexibility index (Phi) is 2.56. The summed E-state index contributed by atoms with van der Waals surface area (Å²) < 4.78 is 0. The van der Waals surface area contributed by atoms with Crippen LogP contribution in [0.1, 0.15) is 32.3 Å². The van der Waals surface area contributed by atoms with Crippen molar-refractivity contribution in [3.8, 4) is 0 Å². The van der Waals surface area contributed by atoms with Gasteiger partial charge in [0, 0.05) is 17.0 Å². The highest BCUT2D eigenvalue weighted by molar-refractivity contribution is 6.30. The summed E-state index contributed by atoms with van der Waals surface area (Å²) in [6.45, 7) is 5.34. The van der Waals surface area contributed by atoms with E-state index in [1.807, 2.05) is 12.1 Å². The largest absolute Gasteiger partial charge is 0.330 e. The Morgan fingerprint density at radius 1 is 1.20 bits per heavy atom. The van der Waals surface area contributed by atoms with Gasteiger partial charge in [-0.3, -0.25) is 0 Å². The van der Waals surface area contributed by atoms with E-state index in [1.165, 1.54) is 18.4 Å². The Bertz CT molecular complexity index is 345. The van der Waals surface area contributed by atoms with Crippen LogP contribution in [0.3, 0.4) is 0 Å². The summed E-state index contributed by atoms with van der Waals surface area (Å²) in [5.74, 6) is 0. The maximum absolute atomic E-state index is 5.93. The highest BCUT2D eigenvalue weighted by atomic mass is 35.5. The molecule has 0 heterocycles. The number of hydrogen-bond acceptors (Lipinski definition) is 1. The summed E-state index contributed by atoms with van der Waals surface area (Å²) in [6.07, 6.45) is 2.36. The van der Waals surface area contributed by atoms with Gasteiger partial charge in [-0.25, -0.2) is 0 Å². The topological polar surface area (TPSA) is 26.0 Å². The van der Waals surface area contributed by atoms with E-state index < -0.39 is 0 Å². The first-order chi connectivity index (χ1) is 6.97. The molecule has 1 aromatic rings. The van der Waals surface area contributed by atoms with Gasteiger partial charge in [0.05, 0.1) is 0 Å². The van der Waals surface area contributed by atoms with Gasteiger partial charge in [0.2, 0.25) is 0 Å². The second-order valence-corrected chi connectivity index (χ2v) is 5.95. The van der Waals surface area contributed by atoms with Crippen molar-refractivity contribution in [2.75, 3.05) is 6.54 Å². The third kappa shape index (κ3) is 1.91. The molecule has 1 saturated carbocycles. The predicted octanol–water partition coefficient (Wildman–Crippen LogP) is 3.36. The molecule has 0 atom stereocenters. The van der Waals surface area contributed by atoms with Crippen molar-refractivity contribution in [1.82, 2.24) is 0 Å². The molecule has 0 bridgehead atoms. The predicted molar refractivity (Wildman–Crippen MR) is 65.2 cm³/mol. The van der Waals surface area contributed by atoms with Crippen LogP contribution < -0.4 is 5.73 Å². The minimum absolute atomic E-state index is 0.202. The van der Waals surface area contributed by atoms with Crippen molar-refractivity contribution < 1.29 is 0 Å². The highest BCUT2D eigenvalue weighted by Crippen LogP contribution is 2.54. The lowest BCUT2D eigenvalue weighted by Crippen LogP contribution is -2.51. The first-order valence-electron chi connectivity index (χ1n) is 5.44. The third-order valence-corrected chi connectivity index (χ3v) is 3.73. The zero-order valence-electron chi connectivity index (χ0n) is 9.39. The van der Waals surface area contributed by atoms with Crippen LogP contribution in [0.4, 0.5) is 0 Å². The molecule has 82 valence electrons. The van der Waals surface area contributed by atoms with E-state index in [1.54, 1.807) is 0 Å². The molecule has 2 heteroatoms. The van der Waals surface area contributed by atoms with Crippen LogP contribution in [0.25, 0.3) is 0 Å². The zero-order chi connectivity index (χ0) is 11.1. The molecule has 1 aromatic carbocycles. The smallest absolute Gasteiger partial charge is 0.0406 e. The molecule has 2 rings (SSSR count). The Morgan fingerprint density at radius 2 is 1.73 bits per heavy atom. The first kappa shape index (κ1) is 11.0. The fourth-order valence-corrected chi connectivity index (χ4v) is 3.18. The van der Waals surface area contributed by atoms with Gasteiger partial charge >= 0.3 is 0 Å². The summed E-state index contributed by atoms with van der Waals surface area (Å²) in [6, 6.07) is 8.15. The van der Waals surface area contributed by atoms with Crippen molar-refractivity contribution >= 4 is 11.6 Å². The van der Waals surface area contributed by atoms with Crippen molar-refractivity contribution in [3.05, 3.63) is 34.9 Å². The molecule has 0 spiro atoms. The summed E-state index contributed by atoms with van der Waals surface area (Å²) >= 11 is 5.89. The summed E-state index contributed by atoms with van der Waals surface area (Å²) in [4.78, 5) is 0. The molecule has 1 nitrogen and oxygen atoms in total. The number of halogens is 1. The van der Waals surface area contributed by atoms with Gasteiger partial charge in [0.25, 0.3) is 0 Å². The van der Waals surface area contributed by atoms with E-state index in [4.69, 9.17) is 17.3 Å². The fourth-order valence-electron chi connectivity index (χ4n) is 3.05. The summed E-state index contributed by atoms with van der Waals surface area (Å²) in [7, 11) is 0. The molecule has 1 fully saturated rings. The molecule has 0 amide bonds. The molecule has 1 aliphatic rings. The first-order valence-corrected chi connectivity index (χ1v) is 5.81. The molecule has 0 saturated heterocycles. The second-order valence-electron chi connectivity index (χ2n) is 5.51. The van der Waals surface area contributed by atoms with E-state index in [0.717, 1.165) is 11.6 Å². The van der Waals surface area contributed by atoms with E-state index in [2.05, 4.69) is 26.0 Å². The zero-order valence-corrected chi connectivity index (χ0v) is 10.1. The average molecular weight is 224 g/mol. The maximum Gasteiger partial charge on any atom is 0.0406 e. The van der Waals surface area contributed by atoms with Gasteiger partial charge in [-0.2, -0.15) is 0 Å². The van der Waals surface area contributed by atoms with Crippen molar-refractivity contribution in [2.45, 2.75) is 32.1 Å². The van der Waals surface area contributed by atoms with Crippen LogP contribution in [0.5, 0.6) is 0 Å². The standard InChI is InChI=1S/C13H18ClN/c1-12(2)7-13(8-12,9-15)10-3-5-11(14)6-4-10/h3-6H,7-9,15H2,1-2H3. The van der Waals surface area contributed by atoms with Crippen LogP contribution in [0.2, 0.25) is 5.02 Å². The van der Waals surface area contributed by atoms with E-state index in [9.17, 15) is 0 Å². The Labute approximate surface area is 96.6 Å². The third-order valence-electron chi connectivity index (χ3n) is 3.48. The molecule has 0 unspecified atom stereocenters. The molecular formula is C13H18ClN. The van der Waals surface area contributed by atoms with Gasteiger partial charge < -0.3 is 5.73 Å². The van der Waals surface area contributed by atoms with Crippen molar-refractivity contribution in [2.24, 2.45) is 11.1 Å². The number of benzene rings is 1. The van der Waals surface area contributed by atoms with E-state index >= 15 is 0 Å². The fraction of sp³-hybridized carbons (Fsp3) is 0.538. The minimum Gasteiger partial charge on any atom is -0.330 e. The lowest BCUT2D eigenvalue weighted by Gasteiger charge is -2.53. The lowest BCUT2D eigenvalue weighted by molar-refractivity contribution is 0.0634. The number of hydrogen-bond donors (Lipinski definition) is 1. The summed E-state index contributed by atoms with van der Waals surface area (Å²) in [5, 5.41) is 0.796. The highest BCUT2D eigenvalue weighted by Gasteiger charge is 2.48. The maximum atomic E-state index is 5.93. The molecule has 0 aliphatic heterocycles. The second kappa shape index (κ2) is 3.50. The molecular weight excluding hydrogens is 206 g/mol. The summed E-state index contributed by atoms with van der Waals surface area (Å²) in [5.41, 5.74) is 7.91. The van der Waals surface area contributed by atoms with Crippen LogP contribution in [-0.4, -0.2) is 6.54 Å². The monoisotopic (exact) mass is 223 g/mol. The normalized spacial score (nSPS) is 22.1. The van der Waals surface area contributed by atoms with Gasteiger partial charge in [-0.15, -0.1) is 0 Å². The van der Waals surface area contributed by atoms with Crippen LogP contribution in [-0.2, 0) is 5.41 Å². The quantitative estimate of drug-likeness (QED) is 0.818. The molecule has 15 heavy (non-hydrogen) atoms. The van der Waals surface area contributed by atoms with Crippen LogP contribution in [0, 0.1) is 5.41 Å². The van der Waals surface area contributed by atoms with Crippen LogP contribution in [0.15, 0.2) is 24.3 Å². The Balaban J connectivity index is 2.25. The molecule has 0 radical (unpaired) electrons. The Hall–Kier alpha value is -0.530. The minimum atomic E-state index is 0.202. The van der Waals surface area contributed by atoms with E-state index in [-0.39, 0.29) is 5.41 Å². The van der Waals surface area contributed by atoms with Gasteiger partial charge in [0.15, 0.2) is 0 Å². The Morgan fingerprint density at radius 3 is 2.13 bits per heavy atom. The molecule has 1 aliphatic carbocycles. The molecule has 0 aromatic heterocycles. The lowest BCUT2D eigenvalue weighted by atomic mass is 9.52. The van der Waals surface area contributed by atoms with Crippen molar-refractivity contribution in [1.29, 1.82) is 0 Å². The molecule has 2 N–H and O–H groups in total. The number of rotatable bonds is 2. The average Bonchev–Trinajstić information content (AvgIpc) is 2.14. The number of nitrogens with two attached hydrogens (primary N) is 1.